The molecule has 1 aliphatic rings. The highest BCUT2D eigenvalue weighted by atomic mass is 15.0. The minimum absolute atomic E-state index is 0.780. The first-order valence-electron chi connectivity index (χ1n) is 5.07. The molecule has 0 aliphatic carbocycles. The maximum atomic E-state index is 9.04. The third-order valence-electron chi connectivity index (χ3n) is 2.98. The van der Waals surface area contributed by atoms with Gasteiger partial charge in [0, 0.05) is 18.3 Å². The maximum absolute atomic E-state index is 9.04. The highest BCUT2D eigenvalue weighted by Crippen LogP contribution is 2.32. The smallest absolute Gasteiger partial charge is 0.101 e. The third kappa shape index (κ3) is 1.10. The van der Waals surface area contributed by atoms with Crippen LogP contribution in [-0.4, -0.2) is 4.57 Å². The molecule has 15 heavy (non-hydrogen) atoms. The van der Waals surface area contributed by atoms with Gasteiger partial charge < -0.3 is 4.57 Å². The number of fused-ring (bicyclic) bond motifs is 3. The lowest BCUT2D eigenvalue weighted by molar-refractivity contribution is 0.689. The second kappa shape index (κ2) is 2.99. The average Bonchev–Trinajstić information content (AvgIpc) is 2.72. The summed E-state index contributed by atoms with van der Waals surface area (Å²) in [5.74, 6) is 0. The first-order chi connectivity index (χ1) is 7.40. The molecule has 0 atom stereocenters. The van der Waals surface area contributed by atoms with E-state index in [9.17, 15) is 0 Å². The summed E-state index contributed by atoms with van der Waals surface area (Å²) >= 11 is 0. The summed E-state index contributed by atoms with van der Waals surface area (Å²) < 4.78 is 2.17. The third-order valence-corrected chi connectivity index (χ3v) is 2.98. The number of benzene rings is 1. The molecule has 0 saturated heterocycles. The highest BCUT2D eigenvalue weighted by Gasteiger charge is 2.18. The van der Waals surface area contributed by atoms with Crippen molar-refractivity contribution in [2.24, 2.45) is 0 Å². The molecule has 72 valence electrons. The van der Waals surface area contributed by atoms with Crippen LogP contribution in [0.5, 0.6) is 0 Å². The minimum Gasteiger partial charge on any atom is -0.346 e. The Kier molecular flexibility index (Phi) is 1.66. The normalized spacial score (nSPS) is 12.7. The first-order valence-corrected chi connectivity index (χ1v) is 5.07. The highest BCUT2D eigenvalue weighted by molar-refractivity contribution is 5.72. The Morgan fingerprint density at radius 1 is 1.20 bits per heavy atom. The van der Waals surface area contributed by atoms with E-state index in [0.717, 1.165) is 24.2 Å². The lowest BCUT2D eigenvalue weighted by Crippen LogP contribution is -2.09. The van der Waals surface area contributed by atoms with Gasteiger partial charge in [0.2, 0.25) is 0 Å². The van der Waals surface area contributed by atoms with Crippen molar-refractivity contribution in [3.8, 4) is 17.3 Å². The predicted molar refractivity (Wildman–Crippen MR) is 58.3 cm³/mol. The Bertz CT molecular complexity index is 558. The molecule has 0 N–H and O–H groups in total. The molecule has 1 aliphatic heterocycles. The molecule has 0 amide bonds. The Morgan fingerprint density at radius 3 is 2.93 bits per heavy atom. The van der Waals surface area contributed by atoms with Crippen LogP contribution < -0.4 is 0 Å². The number of nitrogens with zero attached hydrogens (tertiary/aromatic N) is 2. The number of aromatic nitrogens is 1. The molecule has 1 aromatic carbocycles. The van der Waals surface area contributed by atoms with Crippen LogP contribution in [0.3, 0.4) is 0 Å². The van der Waals surface area contributed by atoms with Crippen molar-refractivity contribution in [2.45, 2.75) is 13.0 Å². The molecule has 2 nitrogen and oxygen atoms in total. The van der Waals surface area contributed by atoms with Gasteiger partial charge in [-0.15, -0.1) is 0 Å². The van der Waals surface area contributed by atoms with E-state index in [-0.39, 0.29) is 0 Å². The van der Waals surface area contributed by atoms with Crippen LogP contribution >= 0.6 is 0 Å². The van der Waals surface area contributed by atoms with E-state index in [4.69, 9.17) is 5.26 Å². The molecular weight excluding hydrogens is 184 g/mol. The molecule has 0 fully saturated rings. The van der Waals surface area contributed by atoms with Crippen LogP contribution in [0.1, 0.15) is 11.1 Å². The molecule has 2 heteroatoms. The molecule has 0 spiro atoms. The summed E-state index contributed by atoms with van der Waals surface area (Å²) in [5.41, 5.74) is 4.42. The fraction of sp³-hybridized carbons (Fsp3) is 0.154. The Balaban J connectivity index is 2.33. The maximum Gasteiger partial charge on any atom is 0.101 e. The quantitative estimate of drug-likeness (QED) is 0.633. The largest absolute Gasteiger partial charge is 0.346 e. The van der Waals surface area contributed by atoms with Crippen molar-refractivity contribution >= 4 is 0 Å². The molecule has 0 saturated carbocycles. The fourth-order valence-corrected chi connectivity index (χ4v) is 2.26. The molecule has 2 heterocycles. The van der Waals surface area contributed by atoms with Crippen LogP contribution in [0.4, 0.5) is 0 Å². The van der Waals surface area contributed by atoms with Crippen molar-refractivity contribution < 1.29 is 0 Å². The van der Waals surface area contributed by atoms with Crippen molar-refractivity contribution in [3.05, 3.63) is 47.7 Å². The Morgan fingerprint density at radius 2 is 2.07 bits per heavy atom. The lowest BCUT2D eigenvalue weighted by atomic mass is 9.97. The van der Waals surface area contributed by atoms with Crippen LogP contribution in [0, 0.1) is 11.3 Å². The zero-order chi connectivity index (χ0) is 10.3. The molecule has 0 radical (unpaired) electrons. The molecule has 1 aromatic heterocycles. The van der Waals surface area contributed by atoms with Gasteiger partial charge in [-0.05, 0) is 18.1 Å². The zero-order valence-corrected chi connectivity index (χ0v) is 8.27. The van der Waals surface area contributed by atoms with E-state index in [1.165, 1.54) is 11.1 Å². The number of hydrogen-bond donors (Lipinski definition) is 0. The van der Waals surface area contributed by atoms with Crippen LogP contribution in [0.15, 0.2) is 36.5 Å². The van der Waals surface area contributed by atoms with Gasteiger partial charge in [0.25, 0.3) is 0 Å². The molecule has 0 bridgehead atoms. The summed E-state index contributed by atoms with van der Waals surface area (Å²) in [5, 5.41) is 9.04. The summed E-state index contributed by atoms with van der Waals surface area (Å²) in [6.45, 7) is 0.980. The number of rotatable bonds is 0. The van der Waals surface area contributed by atoms with Gasteiger partial charge in [0.15, 0.2) is 0 Å². The van der Waals surface area contributed by atoms with E-state index >= 15 is 0 Å². The van der Waals surface area contributed by atoms with Gasteiger partial charge in [-0.3, -0.25) is 0 Å². The van der Waals surface area contributed by atoms with Gasteiger partial charge in [0.05, 0.1) is 11.3 Å². The van der Waals surface area contributed by atoms with Gasteiger partial charge in [-0.25, -0.2) is 0 Å². The zero-order valence-electron chi connectivity index (χ0n) is 8.27. The van der Waals surface area contributed by atoms with Crippen molar-refractivity contribution in [1.82, 2.24) is 4.57 Å². The standard InChI is InChI=1S/C13H10N2/c14-9-11-6-8-15-7-5-10-3-1-2-4-12(10)13(11)15/h1-4,6,8H,5,7H2. The van der Waals surface area contributed by atoms with E-state index in [0.29, 0.717) is 0 Å². The van der Waals surface area contributed by atoms with E-state index in [1.807, 2.05) is 18.3 Å². The number of hydrogen-bond acceptors (Lipinski definition) is 1. The molecule has 2 aromatic rings. The van der Waals surface area contributed by atoms with Gasteiger partial charge in [-0.1, -0.05) is 24.3 Å². The Labute approximate surface area is 88.4 Å². The van der Waals surface area contributed by atoms with Gasteiger partial charge in [-0.2, -0.15) is 5.26 Å². The van der Waals surface area contributed by atoms with Crippen molar-refractivity contribution in [1.29, 1.82) is 5.26 Å². The predicted octanol–water partition coefficient (Wildman–Crippen LogP) is 2.58. The van der Waals surface area contributed by atoms with Crippen molar-refractivity contribution in [3.63, 3.8) is 0 Å². The average molecular weight is 194 g/mol. The number of nitriles is 1. The minimum atomic E-state index is 0.780. The second-order valence-electron chi connectivity index (χ2n) is 3.79. The van der Waals surface area contributed by atoms with E-state index in [2.05, 4.69) is 28.8 Å². The first kappa shape index (κ1) is 8.31. The summed E-state index contributed by atoms with van der Waals surface area (Å²) in [6, 6.07) is 12.5. The van der Waals surface area contributed by atoms with Crippen molar-refractivity contribution in [2.75, 3.05) is 0 Å². The van der Waals surface area contributed by atoms with Crippen LogP contribution in [-0.2, 0) is 13.0 Å². The summed E-state index contributed by atoms with van der Waals surface area (Å²) in [7, 11) is 0. The monoisotopic (exact) mass is 194 g/mol. The van der Waals surface area contributed by atoms with Gasteiger partial charge in [0.1, 0.15) is 6.07 Å². The molecule has 3 rings (SSSR count). The fourth-order valence-electron chi connectivity index (χ4n) is 2.26. The topological polar surface area (TPSA) is 28.7 Å². The lowest BCUT2D eigenvalue weighted by Gasteiger charge is -2.19. The van der Waals surface area contributed by atoms with E-state index < -0.39 is 0 Å². The molecular formula is C13H10N2. The summed E-state index contributed by atoms with van der Waals surface area (Å²) in [4.78, 5) is 0. The van der Waals surface area contributed by atoms with E-state index in [1.54, 1.807) is 0 Å². The number of aryl methyl sites for hydroxylation is 2. The van der Waals surface area contributed by atoms with Gasteiger partial charge >= 0.3 is 0 Å². The second-order valence-corrected chi connectivity index (χ2v) is 3.79. The SMILES string of the molecule is N#Cc1ccn2c1-c1ccccc1CC2. The summed E-state index contributed by atoms with van der Waals surface area (Å²) in [6.07, 6.45) is 3.06. The Hall–Kier alpha value is -2.01. The van der Waals surface area contributed by atoms with Crippen LogP contribution in [0.25, 0.3) is 11.3 Å². The van der Waals surface area contributed by atoms with Crippen LogP contribution in [0.2, 0.25) is 0 Å². The molecule has 0 unspecified atom stereocenters.